The molecule has 120 valence electrons. The summed E-state index contributed by atoms with van der Waals surface area (Å²) in [6.45, 7) is 0. The summed E-state index contributed by atoms with van der Waals surface area (Å²) in [4.78, 5) is 12.4. The van der Waals surface area contributed by atoms with Crippen molar-refractivity contribution in [3.63, 3.8) is 0 Å². The van der Waals surface area contributed by atoms with Crippen LogP contribution in [0, 0.1) is 0 Å². The third-order valence-electron chi connectivity index (χ3n) is 3.51. The number of benzene rings is 2. The van der Waals surface area contributed by atoms with Crippen LogP contribution in [0.4, 0.5) is 5.69 Å². The number of hydrogen-bond donors (Lipinski definition) is 0. The van der Waals surface area contributed by atoms with Crippen LogP contribution < -0.4 is 9.04 Å². The van der Waals surface area contributed by atoms with Gasteiger partial charge in [0.2, 0.25) is 4.33 Å². The molecule has 1 heterocycles. The number of sulfonamides is 1. The topological polar surface area (TPSA) is 63.7 Å². The molecule has 0 unspecified atom stereocenters. The molecule has 0 aliphatic carbocycles. The third kappa shape index (κ3) is 2.38. The highest BCUT2D eigenvalue weighted by Crippen LogP contribution is 2.49. The lowest BCUT2D eigenvalue weighted by Gasteiger charge is -2.18. The SMILES string of the molecule is COc1ccc(S(=O)(=O)N2C(=O)C(Cl)(Cl)c3ccccc32)cc1. The standard InChI is InChI=1S/C15H11Cl2NO4S/c1-22-10-6-8-11(9-7-10)23(20,21)18-13-5-3-2-4-12(13)15(16,17)14(18)19/h2-9H,1H3. The van der Waals surface area contributed by atoms with Gasteiger partial charge in [-0.3, -0.25) is 4.79 Å². The second kappa shape index (κ2) is 5.40. The molecular weight excluding hydrogens is 361 g/mol. The number of rotatable bonds is 3. The number of halogens is 2. The largest absolute Gasteiger partial charge is 0.497 e. The monoisotopic (exact) mass is 371 g/mol. The molecule has 8 heteroatoms. The molecule has 3 rings (SSSR count). The van der Waals surface area contributed by atoms with Gasteiger partial charge >= 0.3 is 0 Å². The van der Waals surface area contributed by atoms with Crippen molar-refractivity contribution in [3.8, 4) is 5.75 Å². The smallest absolute Gasteiger partial charge is 0.282 e. The summed E-state index contributed by atoms with van der Waals surface area (Å²) in [5.74, 6) is -0.418. The van der Waals surface area contributed by atoms with Crippen LogP contribution in [0.1, 0.15) is 5.56 Å². The van der Waals surface area contributed by atoms with Crippen molar-refractivity contribution in [2.45, 2.75) is 9.23 Å². The molecule has 1 aliphatic heterocycles. The number of alkyl halides is 2. The van der Waals surface area contributed by atoms with E-state index in [1.165, 1.54) is 43.5 Å². The molecule has 0 radical (unpaired) electrons. The van der Waals surface area contributed by atoms with Crippen LogP contribution in [0.3, 0.4) is 0 Å². The summed E-state index contributed by atoms with van der Waals surface area (Å²) in [6, 6.07) is 11.9. The second-order valence-electron chi connectivity index (χ2n) is 4.84. The van der Waals surface area contributed by atoms with Gasteiger partial charge in [-0.25, -0.2) is 8.42 Å². The summed E-state index contributed by atoms with van der Waals surface area (Å²) in [5, 5.41) is 0. The van der Waals surface area contributed by atoms with Gasteiger partial charge in [-0.2, -0.15) is 4.31 Å². The van der Waals surface area contributed by atoms with Crippen molar-refractivity contribution in [1.29, 1.82) is 0 Å². The Morgan fingerprint density at radius 1 is 1.04 bits per heavy atom. The average Bonchev–Trinajstić information content (AvgIpc) is 2.75. The molecule has 0 atom stereocenters. The van der Waals surface area contributed by atoms with E-state index in [1.54, 1.807) is 12.1 Å². The highest BCUT2D eigenvalue weighted by molar-refractivity contribution is 7.93. The van der Waals surface area contributed by atoms with Gasteiger partial charge in [-0.15, -0.1) is 0 Å². The first-order chi connectivity index (χ1) is 10.8. The first-order valence-electron chi connectivity index (χ1n) is 6.51. The van der Waals surface area contributed by atoms with Gasteiger partial charge in [0.1, 0.15) is 5.75 Å². The van der Waals surface area contributed by atoms with Crippen molar-refractivity contribution >= 4 is 44.8 Å². The zero-order valence-corrected chi connectivity index (χ0v) is 14.2. The summed E-state index contributed by atoms with van der Waals surface area (Å²) >= 11 is 12.1. The number of ether oxygens (including phenoxy) is 1. The maximum absolute atomic E-state index is 12.8. The van der Waals surface area contributed by atoms with Crippen LogP contribution in [-0.2, 0) is 19.2 Å². The number of methoxy groups -OCH3 is 1. The van der Waals surface area contributed by atoms with Gasteiger partial charge in [-0.05, 0) is 30.3 Å². The van der Waals surface area contributed by atoms with Crippen LogP contribution in [0.2, 0.25) is 0 Å². The molecule has 0 fully saturated rings. The van der Waals surface area contributed by atoms with Gasteiger partial charge in [0.25, 0.3) is 15.9 Å². The number of carbonyl (C=O) groups is 1. The number of carbonyl (C=O) groups excluding carboxylic acids is 1. The summed E-state index contributed by atoms with van der Waals surface area (Å²) in [5.41, 5.74) is 0.392. The number of fused-ring (bicyclic) bond motifs is 1. The maximum Gasteiger partial charge on any atom is 0.282 e. The number of amides is 1. The van der Waals surface area contributed by atoms with Crippen LogP contribution in [0.5, 0.6) is 5.75 Å². The molecule has 0 aromatic heterocycles. The minimum atomic E-state index is -4.14. The molecule has 23 heavy (non-hydrogen) atoms. The molecule has 1 amide bonds. The van der Waals surface area contributed by atoms with Crippen molar-refractivity contribution < 1.29 is 17.9 Å². The van der Waals surface area contributed by atoms with Crippen LogP contribution in [0.15, 0.2) is 53.4 Å². The zero-order valence-electron chi connectivity index (χ0n) is 11.9. The van der Waals surface area contributed by atoms with Crippen LogP contribution >= 0.6 is 23.2 Å². The average molecular weight is 372 g/mol. The number of anilines is 1. The fourth-order valence-electron chi connectivity index (χ4n) is 2.36. The van der Waals surface area contributed by atoms with E-state index in [2.05, 4.69) is 0 Å². The van der Waals surface area contributed by atoms with Crippen molar-refractivity contribution in [2.75, 3.05) is 11.4 Å². The van der Waals surface area contributed by atoms with Gasteiger partial charge in [0.15, 0.2) is 0 Å². The van der Waals surface area contributed by atoms with E-state index in [1.807, 2.05) is 0 Å². The van der Waals surface area contributed by atoms with Crippen molar-refractivity contribution in [2.24, 2.45) is 0 Å². The molecule has 0 bridgehead atoms. The highest BCUT2D eigenvalue weighted by atomic mass is 35.5. The fourth-order valence-corrected chi connectivity index (χ4v) is 4.41. The summed E-state index contributed by atoms with van der Waals surface area (Å²) < 4.78 is 29.4. The molecule has 2 aromatic carbocycles. The minimum Gasteiger partial charge on any atom is -0.497 e. The molecule has 0 N–H and O–H groups in total. The molecule has 0 saturated carbocycles. The Hall–Kier alpha value is -1.76. The van der Waals surface area contributed by atoms with Crippen molar-refractivity contribution in [3.05, 3.63) is 54.1 Å². The summed E-state index contributed by atoms with van der Waals surface area (Å²) in [7, 11) is -2.67. The quantitative estimate of drug-likeness (QED) is 0.777. The lowest BCUT2D eigenvalue weighted by atomic mass is 10.1. The number of nitrogens with zero attached hydrogens (tertiary/aromatic N) is 1. The van der Waals surface area contributed by atoms with E-state index < -0.39 is 20.3 Å². The minimum absolute atomic E-state index is 0.0625. The van der Waals surface area contributed by atoms with E-state index in [9.17, 15) is 13.2 Å². The Labute approximate surface area is 143 Å². The van der Waals surface area contributed by atoms with E-state index >= 15 is 0 Å². The molecular formula is C15H11Cl2NO4S. The predicted octanol–water partition coefficient (Wildman–Crippen LogP) is 3.06. The van der Waals surface area contributed by atoms with Crippen molar-refractivity contribution in [1.82, 2.24) is 0 Å². The van der Waals surface area contributed by atoms with Gasteiger partial charge in [-0.1, -0.05) is 41.4 Å². The Morgan fingerprint density at radius 2 is 1.65 bits per heavy atom. The lowest BCUT2D eigenvalue weighted by molar-refractivity contribution is -0.117. The number of para-hydroxylation sites is 1. The van der Waals surface area contributed by atoms with Gasteiger partial charge in [0, 0.05) is 5.56 Å². The third-order valence-corrected chi connectivity index (χ3v) is 5.95. The molecule has 1 aliphatic rings. The fraction of sp³-hybridized carbons (Fsp3) is 0.133. The van der Waals surface area contributed by atoms with E-state index in [0.717, 1.165) is 0 Å². The Morgan fingerprint density at radius 3 is 2.26 bits per heavy atom. The van der Waals surface area contributed by atoms with E-state index in [4.69, 9.17) is 27.9 Å². The predicted molar refractivity (Wildman–Crippen MR) is 87.5 cm³/mol. The lowest BCUT2D eigenvalue weighted by Crippen LogP contribution is -2.38. The van der Waals surface area contributed by atoms with E-state index in [-0.39, 0.29) is 16.1 Å². The first kappa shape index (κ1) is 16.1. The normalized spacial score (nSPS) is 16.3. The van der Waals surface area contributed by atoms with Gasteiger partial charge in [0.05, 0.1) is 17.7 Å². The van der Waals surface area contributed by atoms with Crippen LogP contribution in [0.25, 0.3) is 0 Å². The number of hydrogen-bond acceptors (Lipinski definition) is 4. The Kier molecular flexibility index (Phi) is 3.78. The van der Waals surface area contributed by atoms with E-state index in [0.29, 0.717) is 10.1 Å². The zero-order chi connectivity index (χ0) is 16.8. The Balaban J connectivity index is 2.15. The maximum atomic E-state index is 12.8. The van der Waals surface area contributed by atoms with Crippen LogP contribution in [-0.4, -0.2) is 21.4 Å². The molecule has 0 spiro atoms. The molecule has 0 saturated heterocycles. The molecule has 2 aromatic rings. The highest BCUT2D eigenvalue weighted by Gasteiger charge is 2.53. The second-order valence-corrected chi connectivity index (χ2v) is 7.96. The van der Waals surface area contributed by atoms with Gasteiger partial charge < -0.3 is 4.74 Å². The Bertz CT molecular complexity index is 879. The summed E-state index contributed by atoms with van der Waals surface area (Å²) in [6.07, 6.45) is 0. The molecule has 5 nitrogen and oxygen atoms in total. The first-order valence-corrected chi connectivity index (χ1v) is 8.71.